The van der Waals surface area contributed by atoms with Crippen LogP contribution < -0.4 is 0 Å². The minimum atomic E-state index is 0.460. The molecule has 0 radical (unpaired) electrons. The Balaban J connectivity index is 2.52. The fourth-order valence-corrected chi connectivity index (χ4v) is 2.35. The van der Waals surface area contributed by atoms with E-state index < -0.39 is 0 Å². The van der Waals surface area contributed by atoms with Crippen molar-refractivity contribution in [3.05, 3.63) is 21.9 Å². The van der Waals surface area contributed by atoms with Crippen molar-refractivity contribution in [1.82, 2.24) is 0 Å². The van der Waals surface area contributed by atoms with E-state index in [0.29, 0.717) is 11.3 Å². The van der Waals surface area contributed by atoms with Gasteiger partial charge in [-0.1, -0.05) is 34.6 Å². The van der Waals surface area contributed by atoms with Crippen LogP contribution in [0, 0.1) is 5.41 Å². The first-order valence-corrected chi connectivity index (χ1v) is 6.29. The van der Waals surface area contributed by atoms with Crippen LogP contribution in [0.4, 0.5) is 0 Å². The van der Waals surface area contributed by atoms with Gasteiger partial charge in [0.15, 0.2) is 0 Å². The van der Waals surface area contributed by atoms with Crippen LogP contribution in [0.25, 0.3) is 0 Å². The number of rotatable bonds is 3. The molecular weight excluding hydrogens is 188 g/mol. The second-order valence-electron chi connectivity index (χ2n) is 5.52. The first-order chi connectivity index (χ1) is 6.38. The molecule has 1 heterocycles. The van der Waals surface area contributed by atoms with E-state index >= 15 is 0 Å². The van der Waals surface area contributed by atoms with Crippen molar-refractivity contribution in [3.63, 3.8) is 0 Å². The molecule has 0 saturated heterocycles. The van der Waals surface area contributed by atoms with Crippen LogP contribution in [0.5, 0.6) is 0 Å². The highest BCUT2D eigenvalue weighted by Crippen LogP contribution is 2.28. The van der Waals surface area contributed by atoms with Gasteiger partial charge in [-0.2, -0.15) is 0 Å². The highest BCUT2D eigenvalue weighted by atomic mass is 32.1. The Bertz CT molecular complexity index is 276. The lowest BCUT2D eigenvalue weighted by molar-refractivity contribution is 0.379. The molecule has 0 aliphatic rings. The van der Waals surface area contributed by atoms with Gasteiger partial charge in [-0.15, -0.1) is 11.3 Å². The van der Waals surface area contributed by atoms with Gasteiger partial charge in [0.2, 0.25) is 0 Å². The molecule has 1 aromatic rings. The fourth-order valence-electron chi connectivity index (χ4n) is 1.34. The predicted molar refractivity (Wildman–Crippen MR) is 66.2 cm³/mol. The molecule has 1 rings (SSSR count). The molecule has 0 fully saturated rings. The van der Waals surface area contributed by atoms with E-state index in [9.17, 15) is 0 Å². The van der Waals surface area contributed by atoms with Crippen LogP contribution in [0.2, 0.25) is 0 Å². The summed E-state index contributed by atoms with van der Waals surface area (Å²) < 4.78 is 0. The molecule has 0 N–H and O–H groups in total. The number of hydrogen-bond acceptors (Lipinski definition) is 1. The normalized spacial score (nSPS) is 12.4. The third-order valence-corrected chi connectivity index (χ3v) is 3.82. The summed E-state index contributed by atoms with van der Waals surface area (Å²) in [4.78, 5) is 3.07. The van der Waals surface area contributed by atoms with Crippen molar-refractivity contribution in [2.45, 2.75) is 53.4 Å². The summed E-state index contributed by atoms with van der Waals surface area (Å²) in [5.41, 5.74) is 0.460. The van der Waals surface area contributed by atoms with Gasteiger partial charge in [0.1, 0.15) is 0 Å². The van der Waals surface area contributed by atoms with Gasteiger partial charge in [0, 0.05) is 9.75 Å². The third kappa shape index (κ3) is 3.83. The second-order valence-corrected chi connectivity index (χ2v) is 6.72. The fraction of sp³-hybridized carbons (Fsp3) is 0.692. The van der Waals surface area contributed by atoms with Gasteiger partial charge in [-0.05, 0) is 36.3 Å². The van der Waals surface area contributed by atoms with Crippen LogP contribution in [-0.4, -0.2) is 0 Å². The van der Waals surface area contributed by atoms with Gasteiger partial charge in [-0.25, -0.2) is 0 Å². The number of aryl methyl sites for hydroxylation is 1. The van der Waals surface area contributed by atoms with Gasteiger partial charge < -0.3 is 0 Å². The van der Waals surface area contributed by atoms with E-state index in [2.05, 4.69) is 46.8 Å². The largest absolute Gasteiger partial charge is 0.145 e. The van der Waals surface area contributed by atoms with Crippen molar-refractivity contribution < 1.29 is 0 Å². The maximum atomic E-state index is 2.31. The minimum Gasteiger partial charge on any atom is -0.145 e. The highest BCUT2D eigenvalue weighted by molar-refractivity contribution is 7.12. The monoisotopic (exact) mass is 210 g/mol. The first-order valence-electron chi connectivity index (χ1n) is 5.47. The summed E-state index contributed by atoms with van der Waals surface area (Å²) >= 11 is 1.98. The van der Waals surface area contributed by atoms with Crippen molar-refractivity contribution >= 4 is 11.3 Å². The Hall–Kier alpha value is -0.300. The van der Waals surface area contributed by atoms with Crippen LogP contribution >= 0.6 is 11.3 Å². The lowest BCUT2D eigenvalue weighted by atomic mass is 9.90. The second kappa shape index (κ2) is 4.48. The zero-order valence-electron chi connectivity index (χ0n) is 10.1. The van der Waals surface area contributed by atoms with Crippen LogP contribution in [-0.2, 0) is 6.42 Å². The Morgan fingerprint density at radius 3 is 2.29 bits per heavy atom. The van der Waals surface area contributed by atoms with Crippen molar-refractivity contribution in [3.8, 4) is 0 Å². The molecule has 80 valence electrons. The van der Waals surface area contributed by atoms with E-state index in [1.165, 1.54) is 17.7 Å². The standard InChI is InChI=1S/C13H22S/c1-10(2)12-7-6-11(14-12)8-9-13(3,4)5/h6-7,10H,8-9H2,1-5H3. The molecule has 0 nitrogen and oxygen atoms in total. The Kier molecular flexibility index (Phi) is 3.77. The lowest BCUT2D eigenvalue weighted by Gasteiger charge is -2.16. The Labute approximate surface area is 92.4 Å². The maximum Gasteiger partial charge on any atom is 0.00736 e. The van der Waals surface area contributed by atoms with E-state index in [1.54, 1.807) is 4.88 Å². The molecule has 0 aliphatic heterocycles. The van der Waals surface area contributed by atoms with Crippen LogP contribution in [0.1, 0.15) is 56.7 Å². The van der Waals surface area contributed by atoms with Gasteiger partial charge in [0.05, 0.1) is 0 Å². The summed E-state index contributed by atoms with van der Waals surface area (Å²) in [5.74, 6) is 0.684. The number of hydrogen-bond donors (Lipinski definition) is 0. The van der Waals surface area contributed by atoms with Crippen molar-refractivity contribution in [2.75, 3.05) is 0 Å². The average Bonchev–Trinajstić information content (AvgIpc) is 2.47. The average molecular weight is 210 g/mol. The molecule has 14 heavy (non-hydrogen) atoms. The molecule has 0 aromatic carbocycles. The molecule has 0 aliphatic carbocycles. The number of thiophene rings is 1. The Morgan fingerprint density at radius 1 is 1.21 bits per heavy atom. The van der Waals surface area contributed by atoms with Crippen molar-refractivity contribution in [1.29, 1.82) is 0 Å². The molecule has 0 spiro atoms. The zero-order valence-corrected chi connectivity index (χ0v) is 10.9. The summed E-state index contributed by atoms with van der Waals surface area (Å²) in [7, 11) is 0. The molecule has 1 heteroatoms. The molecule has 0 bridgehead atoms. The van der Waals surface area contributed by atoms with E-state index in [1.807, 2.05) is 11.3 Å². The van der Waals surface area contributed by atoms with E-state index in [0.717, 1.165) is 0 Å². The van der Waals surface area contributed by atoms with Gasteiger partial charge in [-0.3, -0.25) is 0 Å². The van der Waals surface area contributed by atoms with Crippen LogP contribution in [0.3, 0.4) is 0 Å². The predicted octanol–water partition coefficient (Wildman–Crippen LogP) is 4.85. The van der Waals surface area contributed by atoms with E-state index in [-0.39, 0.29) is 0 Å². The van der Waals surface area contributed by atoms with Crippen LogP contribution in [0.15, 0.2) is 12.1 Å². The maximum absolute atomic E-state index is 2.31. The lowest BCUT2D eigenvalue weighted by Crippen LogP contribution is -2.05. The molecule has 0 amide bonds. The first kappa shape index (κ1) is 11.8. The molecule has 0 saturated carbocycles. The molecule has 0 atom stereocenters. The summed E-state index contributed by atoms with van der Waals surface area (Å²) in [5, 5.41) is 0. The van der Waals surface area contributed by atoms with E-state index in [4.69, 9.17) is 0 Å². The smallest absolute Gasteiger partial charge is 0.00736 e. The summed E-state index contributed by atoms with van der Waals surface area (Å²) in [6, 6.07) is 4.58. The Morgan fingerprint density at radius 2 is 1.86 bits per heavy atom. The quantitative estimate of drug-likeness (QED) is 0.669. The molecule has 0 unspecified atom stereocenters. The highest BCUT2D eigenvalue weighted by Gasteiger charge is 2.11. The van der Waals surface area contributed by atoms with Gasteiger partial charge in [0.25, 0.3) is 0 Å². The topological polar surface area (TPSA) is 0 Å². The molecular formula is C13H22S. The molecule has 1 aromatic heterocycles. The third-order valence-electron chi connectivity index (χ3n) is 2.37. The van der Waals surface area contributed by atoms with Crippen molar-refractivity contribution in [2.24, 2.45) is 5.41 Å². The minimum absolute atomic E-state index is 0.460. The SMILES string of the molecule is CC(C)c1ccc(CCC(C)(C)C)s1. The summed E-state index contributed by atoms with van der Waals surface area (Å²) in [6.07, 6.45) is 2.52. The zero-order chi connectivity index (χ0) is 10.8. The van der Waals surface area contributed by atoms with Gasteiger partial charge >= 0.3 is 0 Å². The summed E-state index contributed by atoms with van der Waals surface area (Å²) in [6.45, 7) is 11.5.